The summed E-state index contributed by atoms with van der Waals surface area (Å²) in [5.74, 6) is -0.0389. The van der Waals surface area contributed by atoms with E-state index in [4.69, 9.17) is 0 Å². The van der Waals surface area contributed by atoms with Crippen LogP contribution in [-0.2, 0) is 25.4 Å². The Morgan fingerprint density at radius 2 is 2.08 bits per heavy atom. The van der Waals surface area contributed by atoms with E-state index in [-0.39, 0.29) is 24.0 Å². The summed E-state index contributed by atoms with van der Waals surface area (Å²) >= 11 is 0. The molecule has 9 nitrogen and oxygen atoms in total. The van der Waals surface area contributed by atoms with Crippen LogP contribution in [0.5, 0.6) is 0 Å². The number of nitrogens with one attached hydrogen (secondary N) is 1. The molecule has 2 aromatic rings. The van der Waals surface area contributed by atoms with Crippen LogP contribution < -0.4 is 16.6 Å². The van der Waals surface area contributed by atoms with Gasteiger partial charge >= 0.3 is 5.69 Å². The van der Waals surface area contributed by atoms with Gasteiger partial charge < -0.3 is 14.8 Å². The summed E-state index contributed by atoms with van der Waals surface area (Å²) in [6, 6.07) is 0.185. The quantitative estimate of drug-likeness (QED) is 0.746. The number of imidazole rings is 1. The molecule has 1 amide bonds. The number of hydrogen-bond donors (Lipinski definition) is 1. The molecule has 1 saturated heterocycles. The molecule has 1 fully saturated rings. The zero-order valence-corrected chi connectivity index (χ0v) is 14.2. The standard InChI is InChI=1S/C15H22N6O3/c1-16-7-10-5-4-6-21(10)11(22)8-20-9-17-13-12(20)14(23)19(3)15(24)18(13)2/h9-10,16H,4-8H2,1-3H3. The summed E-state index contributed by atoms with van der Waals surface area (Å²) in [6.45, 7) is 1.53. The van der Waals surface area contributed by atoms with Crippen molar-refractivity contribution in [2.75, 3.05) is 20.1 Å². The Morgan fingerprint density at radius 1 is 1.33 bits per heavy atom. The number of likely N-dealkylation sites (tertiary alicyclic amines) is 1. The monoisotopic (exact) mass is 334 g/mol. The van der Waals surface area contributed by atoms with Gasteiger partial charge in [-0.1, -0.05) is 0 Å². The number of aromatic nitrogens is 4. The fourth-order valence-corrected chi connectivity index (χ4v) is 3.37. The van der Waals surface area contributed by atoms with Crippen LogP contribution in [0, 0.1) is 0 Å². The van der Waals surface area contributed by atoms with Crippen molar-refractivity contribution in [1.29, 1.82) is 0 Å². The van der Waals surface area contributed by atoms with E-state index in [0.717, 1.165) is 30.5 Å². The molecule has 1 atom stereocenters. The molecule has 1 unspecified atom stereocenters. The van der Waals surface area contributed by atoms with E-state index in [1.807, 2.05) is 11.9 Å². The number of carbonyl (C=O) groups is 1. The molecule has 9 heteroatoms. The topological polar surface area (TPSA) is 94.2 Å². The van der Waals surface area contributed by atoms with Gasteiger partial charge in [0.2, 0.25) is 5.91 Å². The van der Waals surface area contributed by atoms with Gasteiger partial charge in [-0.2, -0.15) is 0 Å². The zero-order chi connectivity index (χ0) is 17.4. The SMILES string of the molecule is CNCC1CCCN1C(=O)Cn1cnc2c1c(=O)n(C)c(=O)n2C. The first-order valence-electron chi connectivity index (χ1n) is 8.00. The molecule has 0 aromatic carbocycles. The third-order valence-electron chi connectivity index (χ3n) is 4.66. The molecular formula is C15H22N6O3. The van der Waals surface area contributed by atoms with Crippen molar-refractivity contribution >= 4 is 17.1 Å². The van der Waals surface area contributed by atoms with E-state index in [2.05, 4.69) is 10.3 Å². The highest BCUT2D eigenvalue weighted by atomic mass is 16.2. The molecule has 1 aliphatic rings. The summed E-state index contributed by atoms with van der Waals surface area (Å²) in [4.78, 5) is 43.0. The lowest BCUT2D eigenvalue weighted by Gasteiger charge is -2.24. The Labute approximate surface area is 138 Å². The van der Waals surface area contributed by atoms with Crippen LogP contribution in [-0.4, -0.2) is 55.7 Å². The van der Waals surface area contributed by atoms with Crippen molar-refractivity contribution in [3.63, 3.8) is 0 Å². The highest BCUT2D eigenvalue weighted by molar-refractivity contribution is 5.79. The van der Waals surface area contributed by atoms with Crippen molar-refractivity contribution in [3.05, 3.63) is 27.2 Å². The highest BCUT2D eigenvalue weighted by Gasteiger charge is 2.28. The summed E-state index contributed by atoms with van der Waals surface area (Å²) in [6.07, 6.45) is 3.42. The Balaban J connectivity index is 1.95. The third-order valence-corrected chi connectivity index (χ3v) is 4.66. The van der Waals surface area contributed by atoms with E-state index in [1.54, 1.807) is 7.05 Å². The predicted octanol–water partition coefficient (Wildman–Crippen LogP) is -1.36. The summed E-state index contributed by atoms with van der Waals surface area (Å²) in [7, 11) is 4.86. The van der Waals surface area contributed by atoms with Crippen molar-refractivity contribution in [2.24, 2.45) is 14.1 Å². The second kappa shape index (κ2) is 6.23. The molecule has 0 radical (unpaired) electrons. The van der Waals surface area contributed by atoms with Crippen LogP contribution in [0.2, 0.25) is 0 Å². The average molecular weight is 334 g/mol. The van der Waals surface area contributed by atoms with Crippen LogP contribution >= 0.6 is 0 Å². The Bertz CT molecular complexity index is 893. The van der Waals surface area contributed by atoms with Crippen LogP contribution in [0.1, 0.15) is 12.8 Å². The van der Waals surface area contributed by atoms with E-state index in [9.17, 15) is 14.4 Å². The minimum absolute atomic E-state index is 0.0389. The third kappa shape index (κ3) is 2.54. The van der Waals surface area contributed by atoms with E-state index < -0.39 is 11.2 Å². The average Bonchev–Trinajstić information content (AvgIpc) is 3.18. The van der Waals surface area contributed by atoms with Crippen LogP contribution in [0.25, 0.3) is 11.2 Å². The van der Waals surface area contributed by atoms with Crippen LogP contribution in [0.4, 0.5) is 0 Å². The number of hydrogen-bond acceptors (Lipinski definition) is 5. The fraction of sp³-hybridized carbons (Fsp3) is 0.600. The van der Waals surface area contributed by atoms with Gasteiger partial charge in [-0.15, -0.1) is 0 Å². The van der Waals surface area contributed by atoms with Gasteiger partial charge in [0.25, 0.3) is 5.56 Å². The summed E-state index contributed by atoms with van der Waals surface area (Å²) in [5, 5.41) is 3.11. The van der Waals surface area contributed by atoms with Crippen molar-refractivity contribution in [3.8, 4) is 0 Å². The fourth-order valence-electron chi connectivity index (χ4n) is 3.37. The Kier molecular flexibility index (Phi) is 4.27. The first kappa shape index (κ1) is 16.4. The lowest BCUT2D eigenvalue weighted by Crippen LogP contribution is -2.42. The van der Waals surface area contributed by atoms with Crippen LogP contribution in [0.15, 0.2) is 15.9 Å². The molecule has 3 rings (SSSR count). The second-order valence-electron chi connectivity index (χ2n) is 6.19. The Hall–Kier alpha value is -2.42. The molecule has 1 aliphatic heterocycles. The molecule has 0 bridgehead atoms. The number of fused-ring (bicyclic) bond motifs is 1. The maximum atomic E-state index is 12.7. The predicted molar refractivity (Wildman–Crippen MR) is 88.9 cm³/mol. The van der Waals surface area contributed by atoms with E-state index in [1.165, 1.54) is 22.5 Å². The molecule has 0 aliphatic carbocycles. The summed E-state index contributed by atoms with van der Waals surface area (Å²) in [5.41, 5.74) is -0.300. The minimum atomic E-state index is -0.438. The molecule has 24 heavy (non-hydrogen) atoms. The molecule has 2 aromatic heterocycles. The molecular weight excluding hydrogens is 312 g/mol. The minimum Gasteiger partial charge on any atom is -0.337 e. The number of amides is 1. The van der Waals surface area contributed by atoms with E-state index >= 15 is 0 Å². The van der Waals surface area contributed by atoms with Gasteiger partial charge in [-0.3, -0.25) is 18.7 Å². The first-order valence-corrected chi connectivity index (χ1v) is 8.00. The highest BCUT2D eigenvalue weighted by Crippen LogP contribution is 2.17. The number of carbonyl (C=O) groups excluding carboxylic acids is 1. The molecule has 0 spiro atoms. The zero-order valence-electron chi connectivity index (χ0n) is 14.2. The smallest absolute Gasteiger partial charge is 0.332 e. The molecule has 1 N–H and O–H groups in total. The maximum absolute atomic E-state index is 12.7. The van der Waals surface area contributed by atoms with Gasteiger partial charge in [0.15, 0.2) is 11.2 Å². The lowest BCUT2D eigenvalue weighted by atomic mass is 10.2. The number of nitrogens with zero attached hydrogens (tertiary/aromatic N) is 5. The maximum Gasteiger partial charge on any atom is 0.332 e. The summed E-state index contributed by atoms with van der Waals surface area (Å²) < 4.78 is 3.89. The van der Waals surface area contributed by atoms with Gasteiger partial charge in [0, 0.05) is 33.2 Å². The number of rotatable bonds is 4. The van der Waals surface area contributed by atoms with Gasteiger partial charge in [0.1, 0.15) is 6.54 Å². The van der Waals surface area contributed by atoms with Crippen molar-refractivity contribution in [1.82, 2.24) is 28.9 Å². The molecule has 3 heterocycles. The van der Waals surface area contributed by atoms with Crippen LogP contribution in [0.3, 0.4) is 0 Å². The largest absolute Gasteiger partial charge is 0.337 e. The lowest BCUT2D eigenvalue weighted by molar-refractivity contribution is -0.132. The second-order valence-corrected chi connectivity index (χ2v) is 6.19. The Morgan fingerprint density at radius 3 is 2.79 bits per heavy atom. The van der Waals surface area contributed by atoms with Gasteiger partial charge in [-0.25, -0.2) is 9.78 Å². The van der Waals surface area contributed by atoms with E-state index in [0.29, 0.717) is 5.65 Å². The number of aryl methyl sites for hydroxylation is 1. The first-order chi connectivity index (χ1) is 11.5. The van der Waals surface area contributed by atoms with Crippen molar-refractivity contribution in [2.45, 2.75) is 25.4 Å². The number of likely N-dealkylation sites (N-methyl/N-ethyl adjacent to an activating group) is 1. The van der Waals surface area contributed by atoms with Crippen molar-refractivity contribution < 1.29 is 4.79 Å². The van der Waals surface area contributed by atoms with Gasteiger partial charge in [-0.05, 0) is 19.9 Å². The molecule has 0 saturated carbocycles. The normalized spacial score (nSPS) is 17.8. The van der Waals surface area contributed by atoms with Gasteiger partial charge in [0.05, 0.1) is 6.33 Å². The molecule has 130 valence electrons.